The lowest BCUT2D eigenvalue weighted by Crippen LogP contribution is -2.54. The highest BCUT2D eigenvalue weighted by atomic mass is 16.2. The second-order valence-corrected chi connectivity index (χ2v) is 6.29. The van der Waals surface area contributed by atoms with Crippen LogP contribution < -0.4 is 5.32 Å². The van der Waals surface area contributed by atoms with Gasteiger partial charge in [-0.3, -0.25) is 4.79 Å². The van der Waals surface area contributed by atoms with Crippen molar-refractivity contribution in [3.8, 4) is 0 Å². The zero-order chi connectivity index (χ0) is 13.1. The number of carbonyl (C=O) groups is 1. The highest BCUT2D eigenvalue weighted by Crippen LogP contribution is 2.24. The molecular weight excluding hydrogens is 212 g/mol. The maximum absolute atomic E-state index is 12.3. The summed E-state index contributed by atoms with van der Waals surface area (Å²) in [5.74, 6) is 0.298. The van der Waals surface area contributed by atoms with Gasteiger partial charge in [0.1, 0.15) is 0 Å². The number of rotatable bonds is 5. The molecule has 1 aliphatic rings. The van der Waals surface area contributed by atoms with Crippen molar-refractivity contribution < 1.29 is 4.79 Å². The Morgan fingerprint density at radius 1 is 1.47 bits per heavy atom. The summed E-state index contributed by atoms with van der Waals surface area (Å²) in [7, 11) is 0. The first-order chi connectivity index (χ1) is 7.85. The molecule has 0 radical (unpaired) electrons. The van der Waals surface area contributed by atoms with Crippen molar-refractivity contribution in [2.75, 3.05) is 13.1 Å². The van der Waals surface area contributed by atoms with Gasteiger partial charge in [-0.2, -0.15) is 0 Å². The van der Waals surface area contributed by atoms with Gasteiger partial charge in [0.15, 0.2) is 0 Å². The maximum atomic E-state index is 12.3. The first-order valence-electron chi connectivity index (χ1n) is 6.90. The lowest BCUT2D eigenvalue weighted by molar-refractivity contribution is -0.137. The molecule has 17 heavy (non-hydrogen) atoms. The first-order valence-corrected chi connectivity index (χ1v) is 6.90. The highest BCUT2D eigenvalue weighted by Gasteiger charge is 2.31. The molecular formula is C14H28N2O. The third-order valence-corrected chi connectivity index (χ3v) is 3.64. The molecule has 0 spiro atoms. The molecule has 1 aliphatic heterocycles. The monoisotopic (exact) mass is 240 g/mol. The molecule has 1 N–H and O–H groups in total. The van der Waals surface area contributed by atoms with E-state index in [1.165, 1.54) is 0 Å². The zero-order valence-electron chi connectivity index (χ0n) is 12.0. The third-order valence-electron chi connectivity index (χ3n) is 3.64. The van der Waals surface area contributed by atoms with Crippen molar-refractivity contribution in [3.05, 3.63) is 0 Å². The average molecular weight is 240 g/mol. The Morgan fingerprint density at radius 2 is 2.12 bits per heavy atom. The van der Waals surface area contributed by atoms with E-state index in [2.05, 4.69) is 39.9 Å². The van der Waals surface area contributed by atoms with Crippen LogP contribution in [0.3, 0.4) is 0 Å². The fourth-order valence-corrected chi connectivity index (χ4v) is 2.28. The Bertz CT molecular complexity index is 261. The molecule has 0 aliphatic carbocycles. The lowest BCUT2D eigenvalue weighted by Gasteiger charge is -2.38. The molecule has 100 valence electrons. The summed E-state index contributed by atoms with van der Waals surface area (Å²) in [6.45, 7) is 12.7. The molecule has 0 bridgehead atoms. The molecule has 1 rings (SSSR count). The summed E-state index contributed by atoms with van der Waals surface area (Å²) >= 11 is 0. The van der Waals surface area contributed by atoms with Crippen molar-refractivity contribution in [2.24, 2.45) is 5.41 Å². The van der Waals surface area contributed by atoms with Gasteiger partial charge in [0.25, 0.3) is 0 Å². The largest absolute Gasteiger partial charge is 0.341 e. The van der Waals surface area contributed by atoms with Crippen molar-refractivity contribution in [2.45, 2.75) is 66.0 Å². The van der Waals surface area contributed by atoms with E-state index in [1.807, 2.05) is 4.90 Å². The topological polar surface area (TPSA) is 32.3 Å². The minimum Gasteiger partial charge on any atom is -0.341 e. The van der Waals surface area contributed by atoms with Gasteiger partial charge in [0.2, 0.25) is 5.91 Å². The van der Waals surface area contributed by atoms with Gasteiger partial charge in [-0.25, -0.2) is 0 Å². The van der Waals surface area contributed by atoms with E-state index in [0.717, 1.165) is 32.4 Å². The Kier molecular flexibility index (Phi) is 4.99. The molecule has 3 heteroatoms. The normalized spacial score (nSPS) is 22.4. The Morgan fingerprint density at radius 3 is 2.65 bits per heavy atom. The van der Waals surface area contributed by atoms with Crippen LogP contribution in [0.4, 0.5) is 0 Å². The van der Waals surface area contributed by atoms with E-state index >= 15 is 0 Å². The van der Waals surface area contributed by atoms with E-state index in [-0.39, 0.29) is 11.5 Å². The van der Waals surface area contributed by atoms with Gasteiger partial charge < -0.3 is 10.2 Å². The summed E-state index contributed by atoms with van der Waals surface area (Å²) < 4.78 is 0. The fraction of sp³-hybridized carbons (Fsp3) is 0.929. The van der Waals surface area contributed by atoms with Gasteiger partial charge in [-0.15, -0.1) is 0 Å². The van der Waals surface area contributed by atoms with Crippen LogP contribution in [0.5, 0.6) is 0 Å². The second-order valence-electron chi connectivity index (χ2n) is 6.29. The smallest absolute Gasteiger partial charge is 0.239 e. The van der Waals surface area contributed by atoms with Crippen LogP contribution >= 0.6 is 0 Å². The Balaban J connectivity index is 2.59. The number of amides is 1. The van der Waals surface area contributed by atoms with Gasteiger partial charge >= 0.3 is 0 Å². The summed E-state index contributed by atoms with van der Waals surface area (Å²) in [4.78, 5) is 14.4. The summed E-state index contributed by atoms with van der Waals surface area (Å²) in [6, 6.07) is 0.416. The van der Waals surface area contributed by atoms with E-state index in [0.29, 0.717) is 11.9 Å². The van der Waals surface area contributed by atoms with Crippen LogP contribution in [-0.4, -0.2) is 36.0 Å². The van der Waals surface area contributed by atoms with Crippen molar-refractivity contribution >= 4 is 5.91 Å². The number of hydrogen-bond donors (Lipinski definition) is 1. The van der Waals surface area contributed by atoms with Crippen LogP contribution in [0.25, 0.3) is 0 Å². The summed E-state index contributed by atoms with van der Waals surface area (Å²) in [5.41, 5.74) is 0.232. The zero-order valence-corrected chi connectivity index (χ0v) is 12.0. The highest BCUT2D eigenvalue weighted by molar-refractivity contribution is 5.82. The number of likely N-dealkylation sites (tertiary alicyclic amines) is 1. The molecule has 1 fully saturated rings. The molecule has 1 heterocycles. The molecule has 0 aromatic heterocycles. The SMILES string of the molecule is CCC(C)(C)CN1CCCC(NC(C)C)C1=O. The standard InChI is InChI=1S/C14H28N2O/c1-6-14(4,5)10-16-9-7-8-12(13(16)17)15-11(2)3/h11-12,15H,6-10H2,1-5H3. The molecule has 0 aromatic rings. The molecule has 1 unspecified atom stereocenters. The molecule has 3 nitrogen and oxygen atoms in total. The average Bonchev–Trinajstić information content (AvgIpc) is 2.23. The van der Waals surface area contributed by atoms with E-state index in [1.54, 1.807) is 0 Å². The minimum absolute atomic E-state index is 0.0383. The second kappa shape index (κ2) is 5.85. The summed E-state index contributed by atoms with van der Waals surface area (Å²) in [6.07, 6.45) is 3.22. The van der Waals surface area contributed by atoms with Crippen molar-refractivity contribution in [3.63, 3.8) is 0 Å². The number of nitrogens with zero attached hydrogens (tertiary/aromatic N) is 1. The molecule has 0 aromatic carbocycles. The van der Waals surface area contributed by atoms with Gasteiger partial charge in [0, 0.05) is 19.1 Å². The molecule has 1 saturated heterocycles. The number of carbonyl (C=O) groups excluding carboxylic acids is 1. The number of hydrogen-bond acceptors (Lipinski definition) is 2. The predicted octanol–water partition coefficient (Wildman–Crippen LogP) is 2.41. The Hall–Kier alpha value is -0.570. The van der Waals surface area contributed by atoms with E-state index < -0.39 is 0 Å². The first kappa shape index (κ1) is 14.5. The van der Waals surface area contributed by atoms with Gasteiger partial charge in [-0.1, -0.05) is 34.6 Å². The molecule has 1 atom stereocenters. The fourth-order valence-electron chi connectivity index (χ4n) is 2.28. The van der Waals surface area contributed by atoms with Gasteiger partial charge in [0.05, 0.1) is 6.04 Å². The predicted molar refractivity (Wildman–Crippen MR) is 71.9 cm³/mol. The van der Waals surface area contributed by atoms with Crippen LogP contribution in [0.2, 0.25) is 0 Å². The van der Waals surface area contributed by atoms with Crippen LogP contribution in [0.15, 0.2) is 0 Å². The molecule has 1 amide bonds. The van der Waals surface area contributed by atoms with Crippen LogP contribution in [0, 0.1) is 5.41 Å². The quantitative estimate of drug-likeness (QED) is 0.800. The van der Waals surface area contributed by atoms with Crippen LogP contribution in [0.1, 0.15) is 53.9 Å². The Labute approximate surface area is 106 Å². The number of nitrogens with one attached hydrogen (secondary N) is 1. The van der Waals surface area contributed by atoms with Crippen molar-refractivity contribution in [1.82, 2.24) is 10.2 Å². The maximum Gasteiger partial charge on any atom is 0.239 e. The van der Waals surface area contributed by atoms with Crippen LogP contribution in [-0.2, 0) is 4.79 Å². The minimum atomic E-state index is 0.0383. The molecule has 0 saturated carbocycles. The van der Waals surface area contributed by atoms with Crippen molar-refractivity contribution in [1.29, 1.82) is 0 Å². The van der Waals surface area contributed by atoms with Gasteiger partial charge in [-0.05, 0) is 24.7 Å². The number of piperidine rings is 1. The summed E-state index contributed by atoms with van der Waals surface area (Å²) in [5, 5.41) is 3.37. The lowest BCUT2D eigenvalue weighted by atomic mass is 9.88. The third kappa shape index (κ3) is 4.30. The van der Waals surface area contributed by atoms with E-state index in [9.17, 15) is 4.79 Å². The van der Waals surface area contributed by atoms with E-state index in [4.69, 9.17) is 0 Å².